The monoisotopic (exact) mass is 366 g/mol. The number of carbonyl (C=O) groups excluding carboxylic acids is 1. The molecular formula is C20H31ClN2O2. The van der Waals surface area contributed by atoms with E-state index >= 15 is 0 Å². The van der Waals surface area contributed by atoms with Crippen LogP contribution in [0.2, 0.25) is 0 Å². The number of nitrogens with two attached hydrogens (primary N) is 1. The van der Waals surface area contributed by atoms with Gasteiger partial charge in [0.1, 0.15) is 0 Å². The van der Waals surface area contributed by atoms with E-state index in [1.165, 1.54) is 32.1 Å². The minimum atomic E-state index is 0. The molecule has 1 aromatic carbocycles. The molecule has 3 rings (SSSR count). The lowest BCUT2D eigenvalue weighted by molar-refractivity contribution is -0.120. The number of nitrogens with one attached hydrogen (secondary N) is 1. The molecule has 0 aliphatic heterocycles. The maximum Gasteiger partial charge on any atom is 0.227 e. The van der Waals surface area contributed by atoms with Crippen LogP contribution in [0.25, 0.3) is 0 Å². The van der Waals surface area contributed by atoms with Crippen molar-refractivity contribution in [2.75, 3.05) is 11.9 Å². The Morgan fingerprint density at radius 1 is 1.12 bits per heavy atom. The van der Waals surface area contributed by atoms with Gasteiger partial charge in [0.2, 0.25) is 5.91 Å². The third kappa shape index (κ3) is 5.70. The molecule has 0 heterocycles. The van der Waals surface area contributed by atoms with E-state index in [9.17, 15) is 4.79 Å². The van der Waals surface area contributed by atoms with Crippen molar-refractivity contribution in [1.29, 1.82) is 0 Å². The molecule has 0 saturated heterocycles. The van der Waals surface area contributed by atoms with Crippen molar-refractivity contribution in [2.24, 2.45) is 17.6 Å². The first kappa shape index (κ1) is 20.2. The van der Waals surface area contributed by atoms with Gasteiger partial charge < -0.3 is 15.8 Å². The van der Waals surface area contributed by atoms with E-state index in [0.717, 1.165) is 30.5 Å². The van der Waals surface area contributed by atoms with Crippen LogP contribution in [-0.4, -0.2) is 18.6 Å². The second-order valence-electron chi connectivity index (χ2n) is 7.29. The Hall–Kier alpha value is -1.10. The van der Waals surface area contributed by atoms with Crippen molar-refractivity contribution in [3.05, 3.63) is 29.8 Å². The minimum absolute atomic E-state index is 0. The van der Waals surface area contributed by atoms with Crippen molar-refractivity contribution in [1.82, 2.24) is 0 Å². The van der Waals surface area contributed by atoms with Crippen LogP contribution in [0.15, 0.2) is 24.3 Å². The lowest BCUT2D eigenvalue weighted by atomic mass is 9.95. The van der Waals surface area contributed by atoms with Crippen LogP contribution in [-0.2, 0) is 16.1 Å². The summed E-state index contributed by atoms with van der Waals surface area (Å²) in [5.74, 6) is 0.522. The Bertz CT molecular complexity index is 546. The highest BCUT2D eigenvalue weighted by atomic mass is 35.5. The van der Waals surface area contributed by atoms with Crippen LogP contribution < -0.4 is 11.1 Å². The lowest BCUT2D eigenvalue weighted by Crippen LogP contribution is -2.29. The fraction of sp³-hybridized carbons (Fsp3) is 0.650. The predicted octanol–water partition coefficient (Wildman–Crippen LogP) is 4.27. The van der Waals surface area contributed by atoms with Crippen molar-refractivity contribution in [2.45, 2.75) is 64.1 Å². The second kappa shape index (κ2) is 10.1. The molecule has 0 aromatic heterocycles. The molecule has 0 spiro atoms. The quantitative estimate of drug-likeness (QED) is 0.790. The van der Waals surface area contributed by atoms with Gasteiger partial charge in [0.15, 0.2) is 0 Å². The molecule has 2 fully saturated rings. The van der Waals surface area contributed by atoms with E-state index in [2.05, 4.69) is 11.4 Å². The molecule has 140 valence electrons. The van der Waals surface area contributed by atoms with Crippen LogP contribution in [0.3, 0.4) is 0 Å². The van der Waals surface area contributed by atoms with E-state index in [-0.39, 0.29) is 24.2 Å². The Kier molecular flexibility index (Phi) is 8.20. The van der Waals surface area contributed by atoms with Crippen LogP contribution >= 0.6 is 12.4 Å². The summed E-state index contributed by atoms with van der Waals surface area (Å²) in [6, 6.07) is 8.04. The smallest absolute Gasteiger partial charge is 0.227 e. The largest absolute Gasteiger partial charge is 0.374 e. The van der Waals surface area contributed by atoms with Gasteiger partial charge in [0, 0.05) is 11.6 Å². The molecular weight excluding hydrogens is 336 g/mol. The van der Waals surface area contributed by atoms with Crippen molar-refractivity contribution >= 4 is 24.0 Å². The highest BCUT2D eigenvalue weighted by Crippen LogP contribution is 2.32. The summed E-state index contributed by atoms with van der Waals surface area (Å²) in [7, 11) is 0. The number of hydrogen-bond donors (Lipinski definition) is 2. The number of benzene rings is 1. The summed E-state index contributed by atoms with van der Waals surface area (Å²) in [6.45, 7) is 1.23. The molecule has 5 heteroatoms. The van der Waals surface area contributed by atoms with Gasteiger partial charge in [-0.15, -0.1) is 12.4 Å². The van der Waals surface area contributed by atoms with Crippen molar-refractivity contribution in [3.63, 3.8) is 0 Å². The number of amides is 1. The maximum atomic E-state index is 12.5. The SMILES string of the molecule is Cl.NC[C@H]1CCC[C@H]1C(=O)Nc1cccc(COC2CCCCC2)c1. The van der Waals surface area contributed by atoms with Gasteiger partial charge in [0.25, 0.3) is 0 Å². The lowest BCUT2D eigenvalue weighted by Gasteiger charge is -2.22. The highest BCUT2D eigenvalue weighted by Gasteiger charge is 2.31. The predicted molar refractivity (Wildman–Crippen MR) is 104 cm³/mol. The number of anilines is 1. The van der Waals surface area contributed by atoms with Crippen LogP contribution in [0.4, 0.5) is 5.69 Å². The number of rotatable bonds is 6. The van der Waals surface area contributed by atoms with Gasteiger partial charge in [-0.1, -0.05) is 37.8 Å². The van der Waals surface area contributed by atoms with Gasteiger partial charge in [-0.3, -0.25) is 4.79 Å². The summed E-state index contributed by atoms with van der Waals surface area (Å²) in [5, 5.41) is 3.08. The summed E-state index contributed by atoms with van der Waals surface area (Å²) in [5.41, 5.74) is 7.79. The zero-order valence-corrected chi connectivity index (χ0v) is 15.7. The maximum absolute atomic E-state index is 12.5. The standard InChI is InChI=1S/C20H30N2O2.ClH/c21-13-16-7-5-11-19(16)20(23)22-17-8-4-6-15(12-17)14-24-18-9-2-1-3-10-18;/h4,6,8,12,16,18-19H,1-3,5,7,9-11,13-14,21H2,(H,22,23);1H/t16-,19-;/m1./s1. The van der Waals surface area contributed by atoms with E-state index in [1.807, 2.05) is 18.2 Å². The minimum Gasteiger partial charge on any atom is -0.374 e. The molecule has 2 aliphatic carbocycles. The van der Waals surface area contributed by atoms with E-state index in [4.69, 9.17) is 10.5 Å². The number of ether oxygens (including phenoxy) is 1. The molecule has 2 saturated carbocycles. The molecule has 4 nitrogen and oxygen atoms in total. The average molecular weight is 367 g/mol. The van der Waals surface area contributed by atoms with Gasteiger partial charge in [-0.25, -0.2) is 0 Å². The Balaban J connectivity index is 0.00000225. The molecule has 25 heavy (non-hydrogen) atoms. The third-order valence-corrected chi connectivity index (χ3v) is 5.53. The number of hydrogen-bond acceptors (Lipinski definition) is 3. The molecule has 0 radical (unpaired) electrons. The number of halogens is 1. The summed E-state index contributed by atoms with van der Waals surface area (Å²) >= 11 is 0. The van der Waals surface area contributed by atoms with Gasteiger partial charge >= 0.3 is 0 Å². The van der Waals surface area contributed by atoms with Gasteiger partial charge in [0.05, 0.1) is 12.7 Å². The topological polar surface area (TPSA) is 64.4 Å². The molecule has 3 N–H and O–H groups in total. The van der Waals surface area contributed by atoms with Crippen molar-refractivity contribution < 1.29 is 9.53 Å². The van der Waals surface area contributed by atoms with Gasteiger partial charge in [-0.05, 0) is 55.8 Å². The summed E-state index contributed by atoms with van der Waals surface area (Å²) in [4.78, 5) is 12.5. The van der Waals surface area contributed by atoms with Crippen LogP contribution in [0.1, 0.15) is 56.9 Å². The van der Waals surface area contributed by atoms with Crippen LogP contribution in [0.5, 0.6) is 0 Å². The van der Waals surface area contributed by atoms with Gasteiger partial charge in [-0.2, -0.15) is 0 Å². The third-order valence-electron chi connectivity index (χ3n) is 5.53. The zero-order valence-electron chi connectivity index (χ0n) is 14.9. The number of carbonyl (C=O) groups is 1. The molecule has 1 amide bonds. The van der Waals surface area contributed by atoms with Crippen molar-refractivity contribution in [3.8, 4) is 0 Å². The fourth-order valence-corrected chi connectivity index (χ4v) is 4.08. The van der Waals surface area contributed by atoms with E-state index in [0.29, 0.717) is 25.2 Å². The first-order valence-corrected chi connectivity index (χ1v) is 9.47. The first-order chi connectivity index (χ1) is 11.8. The fourth-order valence-electron chi connectivity index (χ4n) is 4.08. The second-order valence-corrected chi connectivity index (χ2v) is 7.29. The zero-order chi connectivity index (χ0) is 16.8. The Morgan fingerprint density at radius 3 is 2.68 bits per heavy atom. The molecule has 2 aliphatic rings. The summed E-state index contributed by atoms with van der Waals surface area (Å²) < 4.78 is 6.03. The molecule has 0 unspecified atom stereocenters. The summed E-state index contributed by atoms with van der Waals surface area (Å²) in [6.07, 6.45) is 9.80. The molecule has 2 atom stereocenters. The molecule has 0 bridgehead atoms. The molecule has 1 aromatic rings. The Labute approximate surface area is 157 Å². The van der Waals surface area contributed by atoms with E-state index in [1.54, 1.807) is 0 Å². The average Bonchev–Trinajstić information content (AvgIpc) is 3.10. The van der Waals surface area contributed by atoms with Crippen LogP contribution in [0, 0.1) is 11.8 Å². The van der Waals surface area contributed by atoms with E-state index < -0.39 is 0 Å². The first-order valence-electron chi connectivity index (χ1n) is 9.47. The Morgan fingerprint density at radius 2 is 1.92 bits per heavy atom. The normalized spacial score (nSPS) is 23.9. The highest BCUT2D eigenvalue weighted by molar-refractivity contribution is 5.93.